The maximum atomic E-state index is 3.67. The van der Waals surface area contributed by atoms with E-state index >= 15 is 0 Å². The monoisotopic (exact) mass is 178 g/mol. The molecule has 0 N–H and O–H groups in total. The highest BCUT2D eigenvalue weighted by Gasteiger charge is 2.21. The number of hydrogen-bond donors (Lipinski definition) is 0. The Kier molecular flexibility index (Phi) is 4.76. The molecule has 0 heteroatoms. The Balaban J connectivity index is 4.62. The quantitative estimate of drug-likeness (QED) is 0.563. The Morgan fingerprint density at radius 2 is 1.85 bits per heavy atom. The second-order valence-electron chi connectivity index (χ2n) is 4.47. The van der Waals surface area contributed by atoms with E-state index in [2.05, 4.69) is 53.3 Å². The summed E-state index contributed by atoms with van der Waals surface area (Å²) >= 11 is 0. The molecule has 0 aliphatic carbocycles. The van der Waals surface area contributed by atoms with E-state index in [-0.39, 0.29) is 0 Å². The largest absolute Gasteiger partial charge is 0.0991 e. The highest BCUT2D eigenvalue weighted by Crippen LogP contribution is 2.31. The molecular weight excluding hydrogens is 156 g/mol. The summed E-state index contributed by atoms with van der Waals surface area (Å²) in [6.07, 6.45) is 8.13. The minimum atomic E-state index is 0.327. The van der Waals surface area contributed by atoms with Crippen LogP contribution in [0.5, 0.6) is 0 Å². The molecule has 0 aromatic rings. The van der Waals surface area contributed by atoms with E-state index in [4.69, 9.17) is 0 Å². The lowest BCUT2D eigenvalue weighted by Gasteiger charge is -2.28. The van der Waals surface area contributed by atoms with Gasteiger partial charge in [0.1, 0.15) is 0 Å². The summed E-state index contributed by atoms with van der Waals surface area (Å²) in [5.74, 6) is 0.577. The molecule has 0 aromatic carbocycles. The lowest BCUT2D eigenvalue weighted by Crippen LogP contribution is -2.18. The maximum Gasteiger partial charge on any atom is -0.0145 e. The van der Waals surface area contributed by atoms with Crippen LogP contribution in [0.15, 0.2) is 36.5 Å². The van der Waals surface area contributed by atoms with Gasteiger partial charge in [-0.1, -0.05) is 58.6 Å². The molecule has 0 rings (SSSR count). The zero-order chi connectivity index (χ0) is 10.5. The molecule has 0 nitrogen and oxygen atoms in total. The molecular formula is C13H22. The first kappa shape index (κ1) is 12.2. The van der Waals surface area contributed by atoms with Crippen molar-refractivity contribution in [3.63, 3.8) is 0 Å². The SMILES string of the molecule is C=C/C=C\C(=C/C)C(C)C(C)(C)C. The van der Waals surface area contributed by atoms with Gasteiger partial charge in [-0.3, -0.25) is 0 Å². The van der Waals surface area contributed by atoms with E-state index in [0.29, 0.717) is 11.3 Å². The number of rotatable bonds is 3. The minimum absolute atomic E-state index is 0.327. The predicted molar refractivity (Wildman–Crippen MR) is 61.7 cm³/mol. The van der Waals surface area contributed by atoms with Crippen molar-refractivity contribution in [2.24, 2.45) is 11.3 Å². The van der Waals surface area contributed by atoms with Gasteiger partial charge in [0.2, 0.25) is 0 Å². The van der Waals surface area contributed by atoms with E-state index in [0.717, 1.165) is 0 Å². The van der Waals surface area contributed by atoms with Crippen molar-refractivity contribution < 1.29 is 0 Å². The summed E-state index contributed by atoms with van der Waals surface area (Å²) in [5.41, 5.74) is 1.71. The topological polar surface area (TPSA) is 0 Å². The molecule has 0 aromatic heterocycles. The molecule has 13 heavy (non-hydrogen) atoms. The molecule has 0 spiro atoms. The molecule has 0 fully saturated rings. The van der Waals surface area contributed by atoms with E-state index in [1.54, 1.807) is 0 Å². The lowest BCUT2D eigenvalue weighted by atomic mass is 9.77. The average molecular weight is 178 g/mol. The molecule has 0 amide bonds. The van der Waals surface area contributed by atoms with Crippen LogP contribution in [0.25, 0.3) is 0 Å². The van der Waals surface area contributed by atoms with Gasteiger partial charge in [0, 0.05) is 0 Å². The highest BCUT2D eigenvalue weighted by atomic mass is 14.3. The summed E-state index contributed by atoms with van der Waals surface area (Å²) in [7, 11) is 0. The van der Waals surface area contributed by atoms with Gasteiger partial charge < -0.3 is 0 Å². The van der Waals surface area contributed by atoms with E-state index < -0.39 is 0 Å². The van der Waals surface area contributed by atoms with Gasteiger partial charge in [0.05, 0.1) is 0 Å². The first-order valence-corrected chi connectivity index (χ1v) is 4.88. The smallest absolute Gasteiger partial charge is 0.0145 e. The Hall–Kier alpha value is -0.780. The van der Waals surface area contributed by atoms with Crippen LogP contribution < -0.4 is 0 Å². The second-order valence-corrected chi connectivity index (χ2v) is 4.47. The molecule has 1 atom stereocenters. The molecule has 0 saturated carbocycles. The van der Waals surface area contributed by atoms with E-state index in [1.165, 1.54) is 5.57 Å². The van der Waals surface area contributed by atoms with Crippen molar-refractivity contribution in [2.45, 2.75) is 34.6 Å². The van der Waals surface area contributed by atoms with Crippen molar-refractivity contribution in [1.29, 1.82) is 0 Å². The highest BCUT2D eigenvalue weighted by molar-refractivity contribution is 5.24. The molecule has 0 radical (unpaired) electrons. The normalized spacial score (nSPS) is 16.2. The van der Waals surface area contributed by atoms with Gasteiger partial charge >= 0.3 is 0 Å². The summed E-state index contributed by atoms with van der Waals surface area (Å²) in [4.78, 5) is 0. The molecule has 74 valence electrons. The number of allylic oxidation sites excluding steroid dienone is 5. The predicted octanol–water partition coefficient (Wildman–Crippen LogP) is 4.36. The third-order valence-corrected chi connectivity index (χ3v) is 2.56. The van der Waals surface area contributed by atoms with Crippen LogP contribution in [0.4, 0.5) is 0 Å². The standard InChI is InChI=1S/C13H22/c1-7-9-10-12(8-2)11(3)13(4,5)6/h7-11H,1H2,2-6H3/b10-9-,12-8+. The van der Waals surface area contributed by atoms with Crippen molar-refractivity contribution in [2.75, 3.05) is 0 Å². The Morgan fingerprint density at radius 3 is 2.15 bits per heavy atom. The van der Waals surface area contributed by atoms with Crippen LogP contribution in [-0.2, 0) is 0 Å². The fourth-order valence-corrected chi connectivity index (χ4v) is 1.17. The Bertz CT molecular complexity index is 211. The Morgan fingerprint density at radius 1 is 1.31 bits per heavy atom. The van der Waals surface area contributed by atoms with Crippen molar-refractivity contribution >= 4 is 0 Å². The fraction of sp³-hybridized carbons (Fsp3) is 0.538. The van der Waals surface area contributed by atoms with E-state index in [9.17, 15) is 0 Å². The van der Waals surface area contributed by atoms with Crippen LogP contribution in [-0.4, -0.2) is 0 Å². The van der Waals surface area contributed by atoms with Gasteiger partial charge in [0.25, 0.3) is 0 Å². The van der Waals surface area contributed by atoms with Crippen LogP contribution in [0.1, 0.15) is 34.6 Å². The molecule has 0 saturated heterocycles. The van der Waals surface area contributed by atoms with Crippen molar-refractivity contribution in [1.82, 2.24) is 0 Å². The van der Waals surface area contributed by atoms with Gasteiger partial charge in [0.15, 0.2) is 0 Å². The van der Waals surface area contributed by atoms with Crippen molar-refractivity contribution in [3.8, 4) is 0 Å². The second kappa shape index (κ2) is 5.06. The van der Waals surface area contributed by atoms with Crippen LogP contribution in [0.2, 0.25) is 0 Å². The van der Waals surface area contributed by atoms with Crippen LogP contribution in [0.3, 0.4) is 0 Å². The van der Waals surface area contributed by atoms with Gasteiger partial charge in [-0.05, 0) is 23.8 Å². The zero-order valence-electron chi connectivity index (χ0n) is 9.59. The molecule has 0 heterocycles. The average Bonchev–Trinajstić information content (AvgIpc) is 2.04. The Labute approximate surface area is 83.0 Å². The van der Waals surface area contributed by atoms with Gasteiger partial charge in [-0.15, -0.1) is 0 Å². The van der Waals surface area contributed by atoms with Gasteiger partial charge in [-0.2, -0.15) is 0 Å². The summed E-state index contributed by atoms with van der Waals surface area (Å²) < 4.78 is 0. The molecule has 0 aliphatic heterocycles. The summed E-state index contributed by atoms with van der Waals surface area (Å²) in [6, 6.07) is 0. The van der Waals surface area contributed by atoms with Crippen LogP contribution >= 0.6 is 0 Å². The first-order chi connectivity index (χ1) is 5.93. The third kappa shape index (κ3) is 4.12. The zero-order valence-corrected chi connectivity index (χ0v) is 9.59. The van der Waals surface area contributed by atoms with Crippen molar-refractivity contribution in [3.05, 3.63) is 36.5 Å². The van der Waals surface area contributed by atoms with Crippen LogP contribution in [0, 0.1) is 11.3 Å². The van der Waals surface area contributed by atoms with Gasteiger partial charge in [-0.25, -0.2) is 0 Å². The first-order valence-electron chi connectivity index (χ1n) is 4.88. The molecule has 0 aliphatic rings. The molecule has 0 bridgehead atoms. The lowest BCUT2D eigenvalue weighted by molar-refractivity contribution is 0.304. The number of hydrogen-bond acceptors (Lipinski definition) is 0. The summed E-state index contributed by atoms with van der Waals surface area (Å²) in [6.45, 7) is 14.8. The molecule has 1 unspecified atom stereocenters. The maximum absolute atomic E-state index is 3.67. The third-order valence-electron chi connectivity index (χ3n) is 2.56. The fourth-order valence-electron chi connectivity index (χ4n) is 1.17. The van der Waals surface area contributed by atoms with E-state index in [1.807, 2.05) is 12.2 Å². The summed E-state index contributed by atoms with van der Waals surface area (Å²) in [5, 5.41) is 0. The minimum Gasteiger partial charge on any atom is -0.0991 e.